The molecule has 2 aromatic carbocycles. The third-order valence-electron chi connectivity index (χ3n) is 5.55. The summed E-state index contributed by atoms with van der Waals surface area (Å²) < 4.78 is 25.7. The van der Waals surface area contributed by atoms with Gasteiger partial charge in [-0.25, -0.2) is 9.80 Å². The van der Waals surface area contributed by atoms with Gasteiger partial charge in [-0.3, -0.25) is 0 Å². The van der Waals surface area contributed by atoms with Crippen LogP contribution in [0, 0.1) is 6.92 Å². The fourth-order valence-corrected chi connectivity index (χ4v) is 4.33. The van der Waals surface area contributed by atoms with E-state index in [0.29, 0.717) is 40.8 Å². The fraction of sp³-hybridized carbons (Fsp3) is 0.381. The third-order valence-corrected chi connectivity index (χ3v) is 5.93. The van der Waals surface area contributed by atoms with Crippen LogP contribution in [0.15, 0.2) is 30.3 Å². The molecule has 0 aromatic heterocycles. The van der Waals surface area contributed by atoms with Crippen molar-refractivity contribution in [2.24, 2.45) is 0 Å². The quantitative estimate of drug-likeness (QED) is 0.255. The van der Waals surface area contributed by atoms with Gasteiger partial charge in [0.25, 0.3) is 0 Å². The Labute approximate surface area is 173 Å². The van der Waals surface area contributed by atoms with E-state index in [9.17, 15) is 4.79 Å². The van der Waals surface area contributed by atoms with Gasteiger partial charge in [0.2, 0.25) is 0 Å². The minimum atomic E-state index is -1.01. The second-order valence-electron chi connectivity index (χ2n) is 7.26. The van der Waals surface area contributed by atoms with Gasteiger partial charge in [-0.05, 0) is 66.3 Å². The maximum atomic E-state index is 15.2. The first kappa shape index (κ1) is 19.9. The Morgan fingerprint density at radius 2 is 2.03 bits per heavy atom. The van der Waals surface area contributed by atoms with Crippen LogP contribution >= 0.6 is 11.6 Å². The molecule has 2 aromatic rings. The largest absolute Gasteiger partial charge is 0.465 e. The maximum absolute atomic E-state index is 15.2. The molecule has 2 N–H and O–H groups in total. The molecule has 1 fully saturated rings. The van der Waals surface area contributed by atoms with Crippen molar-refractivity contribution in [3.8, 4) is 11.1 Å². The fourth-order valence-electron chi connectivity index (χ4n) is 4.01. The molecule has 29 heavy (non-hydrogen) atoms. The molecule has 2 heterocycles. The Kier molecular flexibility index (Phi) is 5.38. The summed E-state index contributed by atoms with van der Waals surface area (Å²) >= 11 is 6.53. The van der Waals surface area contributed by atoms with Crippen LogP contribution in [0.2, 0.25) is 0 Å². The van der Waals surface area contributed by atoms with E-state index in [0.717, 1.165) is 29.5 Å². The second-order valence-corrected chi connectivity index (χ2v) is 7.67. The van der Waals surface area contributed by atoms with Crippen LogP contribution < -0.4 is 10.7 Å². The Balaban J connectivity index is 1.83. The van der Waals surface area contributed by atoms with Gasteiger partial charge in [0, 0.05) is 17.9 Å². The Morgan fingerprint density at radius 3 is 2.66 bits per heavy atom. The van der Waals surface area contributed by atoms with Crippen molar-refractivity contribution in [3.63, 3.8) is 0 Å². The van der Waals surface area contributed by atoms with Crippen molar-refractivity contribution in [2.75, 3.05) is 24.5 Å². The van der Waals surface area contributed by atoms with Crippen LogP contribution in [-0.2, 0) is 9.47 Å². The van der Waals surface area contributed by atoms with Crippen LogP contribution in [0.5, 0.6) is 0 Å². The molecular formula is C21H23ClFN3O3. The number of hydrogen-bond donors (Lipinski definition) is 1. The molecule has 8 heteroatoms. The summed E-state index contributed by atoms with van der Waals surface area (Å²) in [5.74, 6) is -0.420. The SMILES string of the molecule is COC(=O)c1ccc(-c2c(C)c(N)cc3c2C(Cl)N(F)N3C2CCCCO2)cc1. The van der Waals surface area contributed by atoms with E-state index in [2.05, 4.69) is 0 Å². The molecule has 2 aliphatic heterocycles. The van der Waals surface area contributed by atoms with Gasteiger partial charge in [-0.1, -0.05) is 23.7 Å². The zero-order valence-corrected chi connectivity index (χ0v) is 17.1. The average Bonchev–Trinajstić information content (AvgIpc) is 2.99. The van der Waals surface area contributed by atoms with Crippen molar-refractivity contribution in [1.29, 1.82) is 0 Å². The number of alkyl halides is 1. The summed E-state index contributed by atoms with van der Waals surface area (Å²) in [5, 5.41) is 1.99. The number of nitrogen functional groups attached to an aromatic ring is 1. The highest BCUT2D eigenvalue weighted by molar-refractivity contribution is 6.22. The lowest BCUT2D eigenvalue weighted by Gasteiger charge is -2.34. The number of rotatable bonds is 3. The molecule has 0 bridgehead atoms. The Hall–Kier alpha value is -2.35. The van der Waals surface area contributed by atoms with Crippen molar-refractivity contribution in [2.45, 2.75) is 37.9 Å². The summed E-state index contributed by atoms with van der Waals surface area (Å²) in [7, 11) is 1.33. The number of halogens is 2. The predicted octanol–water partition coefficient (Wildman–Crippen LogP) is 4.72. The highest BCUT2D eigenvalue weighted by Crippen LogP contribution is 2.51. The number of ether oxygens (including phenoxy) is 2. The molecule has 1 saturated heterocycles. The van der Waals surface area contributed by atoms with E-state index in [4.69, 9.17) is 26.8 Å². The molecule has 2 unspecified atom stereocenters. The normalized spacial score (nSPS) is 21.9. The lowest BCUT2D eigenvalue weighted by Crippen LogP contribution is -2.44. The maximum Gasteiger partial charge on any atom is 0.337 e. The van der Waals surface area contributed by atoms with E-state index >= 15 is 4.48 Å². The number of methoxy groups -OCH3 is 1. The molecule has 0 amide bonds. The standard InChI is InChI=1S/C21H23ClFN3O3/c1-12-15(24)11-16-19(18(12)13-6-8-14(9-7-13)21(27)28-2)20(22)26(23)25(16)17-5-3-4-10-29-17/h6-9,11,17,20H,3-5,10,24H2,1-2H3. The molecule has 6 nitrogen and oxygen atoms in total. The summed E-state index contributed by atoms with van der Waals surface area (Å²) in [6.07, 6.45) is 2.20. The number of benzene rings is 2. The number of hydrazine groups is 1. The smallest absolute Gasteiger partial charge is 0.337 e. The number of carbonyl (C=O) groups excluding carboxylic acids is 1. The monoisotopic (exact) mass is 419 g/mol. The lowest BCUT2D eigenvalue weighted by atomic mass is 9.92. The van der Waals surface area contributed by atoms with Crippen molar-refractivity contribution in [3.05, 3.63) is 47.0 Å². The molecule has 4 rings (SSSR count). The summed E-state index contributed by atoms with van der Waals surface area (Å²) in [6.45, 7) is 2.46. The third kappa shape index (κ3) is 3.33. The summed E-state index contributed by atoms with van der Waals surface area (Å²) in [5.41, 5.74) is 9.86. The van der Waals surface area contributed by atoms with Gasteiger partial charge in [0.1, 0.15) is 6.23 Å². The molecule has 0 saturated carbocycles. The number of fused-ring (bicyclic) bond motifs is 1. The van der Waals surface area contributed by atoms with Crippen LogP contribution in [-0.4, -0.2) is 31.1 Å². The molecule has 2 aliphatic rings. The predicted molar refractivity (Wildman–Crippen MR) is 110 cm³/mol. The topological polar surface area (TPSA) is 68.0 Å². The zero-order valence-electron chi connectivity index (χ0n) is 16.3. The number of nitrogens with two attached hydrogens (primary N) is 1. The van der Waals surface area contributed by atoms with Gasteiger partial charge in [-0.2, -0.15) is 0 Å². The van der Waals surface area contributed by atoms with Gasteiger partial charge in [0.05, 0.1) is 18.4 Å². The minimum absolute atomic E-state index is 0.420. The van der Waals surface area contributed by atoms with E-state index in [1.165, 1.54) is 12.1 Å². The van der Waals surface area contributed by atoms with Gasteiger partial charge in [0.15, 0.2) is 5.50 Å². The number of carbonyl (C=O) groups is 1. The zero-order chi connectivity index (χ0) is 20.7. The number of esters is 1. The summed E-state index contributed by atoms with van der Waals surface area (Å²) in [4.78, 5) is 11.7. The van der Waals surface area contributed by atoms with Crippen LogP contribution in [0.1, 0.15) is 46.2 Å². The van der Waals surface area contributed by atoms with E-state index < -0.39 is 17.7 Å². The molecule has 0 radical (unpaired) electrons. The first-order valence-electron chi connectivity index (χ1n) is 9.55. The second kappa shape index (κ2) is 7.82. The van der Waals surface area contributed by atoms with E-state index in [1.807, 2.05) is 6.92 Å². The van der Waals surface area contributed by atoms with Crippen LogP contribution in [0.25, 0.3) is 11.1 Å². The van der Waals surface area contributed by atoms with Crippen molar-refractivity contribution >= 4 is 28.9 Å². The highest BCUT2D eigenvalue weighted by atomic mass is 35.5. The lowest BCUT2D eigenvalue weighted by molar-refractivity contribution is -0.0798. The van der Waals surface area contributed by atoms with Gasteiger partial charge < -0.3 is 15.2 Å². The highest BCUT2D eigenvalue weighted by Gasteiger charge is 2.43. The Bertz CT molecular complexity index is 932. The number of nitrogens with zero attached hydrogens (tertiary/aromatic N) is 2. The van der Waals surface area contributed by atoms with E-state index in [-0.39, 0.29) is 0 Å². The van der Waals surface area contributed by atoms with Crippen LogP contribution in [0.4, 0.5) is 15.9 Å². The molecule has 154 valence electrons. The van der Waals surface area contributed by atoms with E-state index in [1.54, 1.807) is 30.3 Å². The van der Waals surface area contributed by atoms with Crippen LogP contribution in [0.3, 0.4) is 0 Å². The average molecular weight is 420 g/mol. The number of hydrogen-bond acceptors (Lipinski definition) is 6. The number of anilines is 2. The first-order valence-corrected chi connectivity index (χ1v) is 9.99. The van der Waals surface area contributed by atoms with Gasteiger partial charge in [-0.15, -0.1) is 4.48 Å². The Morgan fingerprint density at radius 1 is 1.31 bits per heavy atom. The minimum Gasteiger partial charge on any atom is -0.465 e. The van der Waals surface area contributed by atoms with Crippen molar-refractivity contribution < 1.29 is 18.7 Å². The molecular weight excluding hydrogens is 397 g/mol. The van der Waals surface area contributed by atoms with Crippen molar-refractivity contribution in [1.82, 2.24) is 5.23 Å². The van der Waals surface area contributed by atoms with Gasteiger partial charge >= 0.3 is 5.97 Å². The summed E-state index contributed by atoms with van der Waals surface area (Å²) in [6, 6.07) is 8.68. The first-order chi connectivity index (χ1) is 13.9. The molecule has 0 spiro atoms. The molecule has 0 aliphatic carbocycles. The molecule has 2 atom stereocenters.